The summed E-state index contributed by atoms with van der Waals surface area (Å²) in [7, 11) is 1.61. The van der Waals surface area contributed by atoms with Gasteiger partial charge in [-0.2, -0.15) is 0 Å². The molecular formula is C13H20N2O2. The van der Waals surface area contributed by atoms with Gasteiger partial charge in [-0.3, -0.25) is 4.79 Å². The Kier molecular flexibility index (Phi) is 6.29. The van der Waals surface area contributed by atoms with Gasteiger partial charge in [-0.25, -0.2) is 0 Å². The summed E-state index contributed by atoms with van der Waals surface area (Å²) in [6, 6.07) is 10.2. The Hall–Kier alpha value is -1.39. The lowest BCUT2D eigenvalue weighted by Crippen LogP contribution is -2.36. The molecule has 0 aliphatic heterocycles. The van der Waals surface area contributed by atoms with Crippen LogP contribution >= 0.6 is 0 Å². The van der Waals surface area contributed by atoms with E-state index in [1.54, 1.807) is 7.11 Å². The SMILES string of the molecule is COCCNC(=O)CN[C@@H](C)c1ccccc1. The Morgan fingerprint density at radius 3 is 2.71 bits per heavy atom. The van der Waals surface area contributed by atoms with Gasteiger partial charge in [0, 0.05) is 19.7 Å². The fourth-order valence-electron chi connectivity index (χ4n) is 1.46. The fraction of sp³-hybridized carbons (Fsp3) is 0.462. The van der Waals surface area contributed by atoms with Crippen molar-refractivity contribution in [3.63, 3.8) is 0 Å². The number of carbonyl (C=O) groups is 1. The predicted octanol–water partition coefficient (Wildman–Crippen LogP) is 1.10. The lowest BCUT2D eigenvalue weighted by Gasteiger charge is -2.13. The van der Waals surface area contributed by atoms with Crippen molar-refractivity contribution >= 4 is 5.91 Å². The minimum absolute atomic E-state index is 0.00942. The average molecular weight is 236 g/mol. The number of hydrogen-bond donors (Lipinski definition) is 2. The van der Waals surface area contributed by atoms with Crippen molar-refractivity contribution in [3.8, 4) is 0 Å². The van der Waals surface area contributed by atoms with Crippen LogP contribution in [0.3, 0.4) is 0 Å². The highest BCUT2D eigenvalue weighted by Gasteiger charge is 2.06. The van der Waals surface area contributed by atoms with Crippen molar-refractivity contribution in [2.24, 2.45) is 0 Å². The number of benzene rings is 1. The van der Waals surface area contributed by atoms with Gasteiger partial charge in [-0.05, 0) is 12.5 Å². The normalized spacial score (nSPS) is 12.1. The molecule has 0 aliphatic rings. The highest BCUT2D eigenvalue weighted by molar-refractivity contribution is 5.78. The van der Waals surface area contributed by atoms with Crippen LogP contribution in [-0.2, 0) is 9.53 Å². The molecule has 0 aliphatic carbocycles. The molecule has 1 aromatic rings. The van der Waals surface area contributed by atoms with Crippen LogP contribution in [0.15, 0.2) is 30.3 Å². The first-order valence-electron chi connectivity index (χ1n) is 5.78. The summed E-state index contributed by atoms with van der Waals surface area (Å²) in [5.41, 5.74) is 1.18. The smallest absolute Gasteiger partial charge is 0.234 e. The summed E-state index contributed by atoms with van der Waals surface area (Å²) < 4.78 is 4.85. The molecule has 4 heteroatoms. The molecular weight excluding hydrogens is 216 g/mol. The third-order valence-electron chi connectivity index (χ3n) is 2.50. The van der Waals surface area contributed by atoms with Gasteiger partial charge in [0.25, 0.3) is 0 Å². The number of carbonyl (C=O) groups excluding carboxylic acids is 1. The number of rotatable bonds is 7. The summed E-state index contributed by atoms with van der Waals surface area (Å²) >= 11 is 0. The minimum atomic E-state index is -0.00942. The van der Waals surface area contributed by atoms with Gasteiger partial charge in [-0.15, -0.1) is 0 Å². The van der Waals surface area contributed by atoms with Crippen LogP contribution in [0.2, 0.25) is 0 Å². The van der Waals surface area contributed by atoms with Crippen molar-refractivity contribution in [2.75, 3.05) is 26.8 Å². The second-order valence-corrected chi connectivity index (χ2v) is 3.86. The molecule has 1 aromatic carbocycles. The molecule has 2 N–H and O–H groups in total. The zero-order valence-electron chi connectivity index (χ0n) is 10.4. The Balaban J connectivity index is 2.24. The van der Waals surface area contributed by atoms with Gasteiger partial charge in [-0.1, -0.05) is 30.3 Å². The Morgan fingerprint density at radius 1 is 1.35 bits per heavy atom. The van der Waals surface area contributed by atoms with Crippen LogP contribution in [-0.4, -0.2) is 32.7 Å². The van der Waals surface area contributed by atoms with Crippen LogP contribution in [0.1, 0.15) is 18.5 Å². The summed E-state index contributed by atoms with van der Waals surface area (Å²) in [6.45, 7) is 3.45. The highest BCUT2D eigenvalue weighted by Crippen LogP contribution is 2.10. The molecule has 0 spiro atoms. The Labute approximate surface area is 102 Å². The van der Waals surface area contributed by atoms with E-state index in [1.165, 1.54) is 5.56 Å². The first-order chi connectivity index (χ1) is 8.24. The van der Waals surface area contributed by atoms with Crippen molar-refractivity contribution in [1.82, 2.24) is 10.6 Å². The maximum Gasteiger partial charge on any atom is 0.234 e. The van der Waals surface area contributed by atoms with E-state index in [9.17, 15) is 4.79 Å². The molecule has 0 saturated carbocycles. The monoisotopic (exact) mass is 236 g/mol. The number of nitrogens with one attached hydrogen (secondary N) is 2. The molecule has 0 saturated heterocycles. The Morgan fingerprint density at radius 2 is 2.06 bits per heavy atom. The number of methoxy groups -OCH3 is 1. The molecule has 0 bridgehead atoms. The molecule has 1 atom stereocenters. The van der Waals surface area contributed by atoms with E-state index in [4.69, 9.17) is 4.74 Å². The zero-order valence-corrected chi connectivity index (χ0v) is 10.4. The topological polar surface area (TPSA) is 50.4 Å². The van der Waals surface area contributed by atoms with Gasteiger partial charge >= 0.3 is 0 Å². The van der Waals surface area contributed by atoms with Gasteiger partial charge < -0.3 is 15.4 Å². The van der Waals surface area contributed by atoms with E-state index in [0.29, 0.717) is 19.7 Å². The Bertz CT molecular complexity index is 327. The van der Waals surface area contributed by atoms with Gasteiger partial charge in [0.2, 0.25) is 5.91 Å². The van der Waals surface area contributed by atoms with E-state index in [2.05, 4.69) is 10.6 Å². The van der Waals surface area contributed by atoms with E-state index in [-0.39, 0.29) is 11.9 Å². The fourth-order valence-corrected chi connectivity index (χ4v) is 1.46. The van der Waals surface area contributed by atoms with Crippen LogP contribution in [0.4, 0.5) is 0 Å². The summed E-state index contributed by atoms with van der Waals surface area (Å²) in [5, 5.41) is 5.94. The maximum absolute atomic E-state index is 11.4. The molecule has 17 heavy (non-hydrogen) atoms. The zero-order chi connectivity index (χ0) is 12.5. The molecule has 0 aromatic heterocycles. The van der Waals surface area contributed by atoms with Gasteiger partial charge in [0.1, 0.15) is 0 Å². The molecule has 1 rings (SSSR count). The van der Waals surface area contributed by atoms with E-state index in [0.717, 1.165) is 0 Å². The van der Waals surface area contributed by atoms with Gasteiger partial charge in [0.15, 0.2) is 0 Å². The third-order valence-corrected chi connectivity index (χ3v) is 2.50. The van der Waals surface area contributed by atoms with E-state index < -0.39 is 0 Å². The summed E-state index contributed by atoms with van der Waals surface area (Å²) in [4.78, 5) is 11.4. The highest BCUT2D eigenvalue weighted by atomic mass is 16.5. The van der Waals surface area contributed by atoms with Crippen LogP contribution in [0.25, 0.3) is 0 Å². The lowest BCUT2D eigenvalue weighted by molar-refractivity contribution is -0.120. The second-order valence-electron chi connectivity index (χ2n) is 3.86. The molecule has 94 valence electrons. The summed E-state index contributed by atoms with van der Waals surface area (Å²) in [6.07, 6.45) is 0. The van der Waals surface area contributed by atoms with E-state index in [1.807, 2.05) is 37.3 Å². The minimum Gasteiger partial charge on any atom is -0.383 e. The molecule has 0 heterocycles. The summed E-state index contributed by atoms with van der Waals surface area (Å²) in [5.74, 6) is -0.00942. The van der Waals surface area contributed by atoms with Crippen molar-refractivity contribution < 1.29 is 9.53 Å². The van der Waals surface area contributed by atoms with Crippen molar-refractivity contribution in [1.29, 1.82) is 0 Å². The van der Waals surface area contributed by atoms with Crippen molar-refractivity contribution in [3.05, 3.63) is 35.9 Å². The standard InChI is InChI=1S/C13H20N2O2/c1-11(12-6-4-3-5-7-12)15-10-13(16)14-8-9-17-2/h3-7,11,15H,8-10H2,1-2H3,(H,14,16)/t11-/m0/s1. The maximum atomic E-state index is 11.4. The average Bonchev–Trinajstić information content (AvgIpc) is 2.37. The lowest BCUT2D eigenvalue weighted by atomic mass is 10.1. The number of ether oxygens (including phenoxy) is 1. The van der Waals surface area contributed by atoms with Crippen LogP contribution in [0, 0.1) is 0 Å². The predicted molar refractivity (Wildman–Crippen MR) is 67.7 cm³/mol. The molecule has 0 radical (unpaired) electrons. The largest absolute Gasteiger partial charge is 0.383 e. The van der Waals surface area contributed by atoms with Crippen LogP contribution in [0.5, 0.6) is 0 Å². The number of amides is 1. The third kappa shape index (κ3) is 5.47. The first-order valence-corrected chi connectivity index (χ1v) is 5.78. The van der Waals surface area contributed by atoms with E-state index >= 15 is 0 Å². The second kappa shape index (κ2) is 7.81. The molecule has 0 unspecified atom stereocenters. The van der Waals surface area contributed by atoms with Crippen LogP contribution < -0.4 is 10.6 Å². The van der Waals surface area contributed by atoms with Crippen molar-refractivity contribution in [2.45, 2.75) is 13.0 Å². The molecule has 1 amide bonds. The molecule has 0 fully saturated rings. The first kappa shape index (κ1) is 13.7. The molecule has 4 nitrogen and oxygen atoms in total. The quantitative estimate of drug-likeness (QED) is 0.697. The van der Waals surface area contributed by atoms with Gasteiger partial charge in [0.05, 0.1) is 13.2 Å². The number of hydrogen-bond acceptors (Lipinski definition) is 3.